The zero-order valence-corrected chi connectivity index (χ0v) is 11.7. The molecule has 0 saturated carbocycles. The minimum absolute atomic E-state index is 0.540. The third-order valence-electron chi connectivity index (χ3n) is 3.33. The van der Waals surface area contributed by atoms with E-state index in [1.54, 1.807) is 0 Å². The minimum Gasteiger partial charge on any atom is -0.293 e. The van der Waals surface area contributed by atoms with E-state index in [1.807, 2.05) is 6.07 Å². The van der Waals surface area contributed by atoms with Gasteiger partial charge >= 0.3 is 0 Å². The summed E-state index contributed by atoms with van der Waals surface area (Å²) in [5, 5.41) is 1.21. The molecule has 0 spiro atoms. The van der Waals surface area contributed by atoms with Gasteiger partial charge in [0.15, 0.2) is 0 Å². The van der Waals surface area contributed by atoms with E-state index in [9.17, 15) is 0 Å². The number of para-hydroxylation sites is 1. The van der Waals surface area contributed by atoms with Gasteiger partial charge in [-0.3, -0.25) is 9.88 Å². The van der Waals surface area contributed by atoms with Crippen molar-refractivity contribution < 1.29 is 0 Å². The highest BCUT2D eigenvalue weighted by Crippen LogP contribution is 2.15. The fraction of sp³-hybridized carbons (Fsp3) is 0.438. The van der Waals surface area contributed by atoms with Crippen molar-refractivity contribution in [2.45, 2.75) is 46.3 Å². The monoisotopic (exact) mass is 242 g/mol. The van der Waals surface area contributed by atoms with E-state index in [2.05, 4.69) is 62.9 Å². The second kappa shape index (κ2) is 5.49. The van der Waals surface area contributed by atoms with E-state index in [0.29, 0.717) is 12.1 Å². The van der Waals surface area contributed by atoms with Gasteiger partial charge in [-0.15, -0.1) is 0 Å². The molecule has 0 saturated heterocycles. The van der Waals surface area contributed by atoms with E-state index >= 15 is 0 Å². The summed E-state index contributed by atoms with van der Waals surface area (Å²) in [7, 11) is 0. The van der Waals surface area contributed by atoms with Crippen LogP contribution in [0.1, 0.15) is 33.4 Å². The van der Waals surface area contributed by atoms with Crippen molar-refractivity contribution in [3.63, 3.8) is 0 Å². The summed E-state index contributed by atoms with van der Waals surface area (Å²) >= 11 is 0. The number of nitrogens with zero attached hydrogens (tertiary/aromatic N) is 2. The molecule has 0 aliphatic rings. The summed E-state index contributed by atoms with van der Waals surface area (Å²) in [6, 6.07) is 13.7. The lowest BCUT2D eigenvalue weighted by molar-refractivity contribution is 0.164. The number of hydrogen-bond donors (Lipinski definition) is 0. The SMILES string of the molecule is CC(C)N(Cc1ccc2ccccc2n1)C(C)C. The first-order chi connectivity index (χ1) is 8.58. The fourth-order valence-corrected chi connectivity index (χ4v) is 2.34. The Bertz CT molecular complexity index is 509. The highest BCUT2D eigenvalue weighted by atomic mass is 15.2. The van der Waals surface area contributed by atoms with Gasteiger partial charge in [-0.1, -0.05) is 24.3 Å². The van der Waals surface area contributed by atoms with Crippen LogP contribution in [-0.4, -0.2) is 22.0 Å². The number of benzene rings is 1. The first kappa shape index (κ1) is 13.0. The Labute approximate surface area is 110 Å². The molecule has 1 aromatic heterocycles. The zero-order valence-electron chi connectivity index (χ0n) is 11.7. The molecule has 96 valence electrons. The van der Waals surface area contributed by atoms with Crippen molar-refractivity contribution in [3.8, 4) is 0 Å². The average Bonchev–Trinajstić information content (AvgIpc) is 2.35. The summed E-state index contributed by atoms with van der Waals surface area (Å²) in [6.45, 7) is 9.87. The maximum atomic E-state index is 4.74. The molecular weight excluding hydrogens is 220 g/mol. The molecular formula is C16H22N2. The number of aromatic nitrogens is 1. The van der Waals surface area contributed by atoms with Gasteiger partial charge in [-0.2, -0.15) is 0 Å². The highest BCUT2D eigenvalue weighted by molar-refractivity contribution is 5.78. The molecule has 0 bridgehead atoms. The average molecular weight is 242 g/mol. The molecule has 0 aliphatic heterocycles. The first-order valence-electron chi connectivity index (χ1n) is 6.68. The van der Waals surface area contributed by atoms with E-state index in [0.717, 1.165) is 17.8 Å². The third kappa shape index (κ3) is 2.88. The Kier molecular flexibility index (Phi) is 3.97. The molecule has 0 amide bonds. The molecule has 0 unspecified atom stereocenters. The van der Waals surface area contributed by atoms with Crippen molar-refractivity contribution >= 4 is 10.9 Å². The Hall–Kier alpha value is -1.41. The highest BCUT2D eigenvalue weighted by Gasteiger charge is 2.14. The maximum absolute atomic E-state index is 4.74. The summed E-state index contributed by atoms with van der Waals surface area (Å²) in [6.07, 6.45) is 0. The van der Waals surface area contributed by atoms with Crippen LogP contribution in [-0.2, 0) is 6.54 Å². The van der Waals surface area contributed by atoms with Crippen LogP contribution in [0.25, 0.3) is 10.9 Å². The fourth-order valence-electron chi connectivity index (χ4n) is 2.34. The lowest BCUT2D eigenvalue weighted by Gasteiger charge is -2.30. The van der Waals surface area contributed by atoms with Crippen LogP contribution in [0.2, 0.25) is 0 Å². The normalized spacial score (nSPS) is 11.9. The van der Waals surface area contributed by atoms with Gasteiger partial charge in [-0.05, 0) is 39.8 Å². The molecule has 2 nitrogen and oxygen atoms in total. The molecule has 2 aromatic rings. The Morgan fingerprint density at radius 2 is 1.61 bits per heavy atom. The summed E-state index contributed by atoms with van der Waals surface area (Å²) in [5.74, 6) is 0. The van der Waals surface area contributed by atoms with Crippen LogP contribution >= 0.6 is 0 Å². The Morgan fingerprint density at radius 3 is 2.28 bits per heavy atom. The van der Waals surface area contributed by atoms with Crippen LogP contribution in [0.4, 0.5) is 0 Å². The molecule has 2 rings (SSSR count). The van der Waals surface area contributed by atoms with Gasteiger partial charge in [0.25, 0.3) is 0 Å². The van der Waals surface area contributed by atoms with E-state index in [1.165, 1.54) is 5.39 Å². The van der Waals surface area contributed by atoms with Crippen LogP contribution in [0, 0.1) is 0 Å². The van der Waals surface area contributed by atoms with E-state index in [4.69, 9.17) is 4.98 Å². The molecule has 18 heavy (non-hydrogen) atoms. The quantitative estimate of drug-likeness (QED) is 0.809. The third-order valence-corrected chi connectivity index (χ3v) is 3.33. The van der Waals surface area contributed by atoms with Crippen LogP contribution < -0.4 is 0 Å². The largest absolute Gasteiger partial charge is 0.293 e. The summed E-state index contributed by atoms with van der Waals surface area (Å²) in [4.78, 5) is 7.19. The zero-order chi connectivity index (χ0) is 13.1. The molecule has 0 aliphatic carbocycles. The van der Waals surface area contributed by atoms with Crippen molar-refractivity contribution in [2.75, 3.05) is 0 Å². The number of rotatable bonds is 4. The predicted octanol–water partition coefficient (Wildman–Crippen LogP) is 3.85. The standard InChI is InChI=1S/C16H22N2/c1-12(2)18(13(3)4)11-15-10-9-14-7-5-6-8-16(14)17-15/h5-10,12-13H,11H2,1-4H3. The van der Waals surface area contributed by atoms with Crippen LogP contribution in [0.15, 0.2) is 36.4 Å². The van der Waals surface area contributed by atoms with Gasteiger partial charge < -0.3 is 0 Å². The van der Waals surface area contributed by atoms with Gasteiger partial charge in [0.2, 0.25) is 0 Å². The van der Waals surface area contributed by atoms with Crippen molar-refractivity contribution in [1.29, 1.82) is 0 Å². The van der Waals surface area contributed by atoms with Gasteiger partial charge in [-0.25, -0.2) is 0 Å². The number of hydrogen-bond acceptors (Lipinski definition) is 2. The maximum Gasteiger partial charge on any atom is 0.0705 e. The van der Waals surface area contributed by atoms with Crippen LogP contribution in [0.5, 0.6) is 0 Å². The second-order valence-electron chi connectivity index (χ2n) is 5.36. The van der Waals surface area contributed by atoms with Crippen molar-refractivity contribution in [1.82, 2.24) is 9.88 Å². The molecule has 0 radical (unpaired) electrons. The first-order valence-corrected chi connectivity index (χ1v) is 6.68. The Balaban J connectivity index is 2.25. The van der Waals surface area contributed by atoms with Gasteiger partial charge in [0.1, 0.15) is 0 Å². The molecule has 0 fully saturated rings. The molecule has 1 aromatic carbocycles. The lowest BCUT2D eigenvalue weighted by Crippen LogP contribution is -2.36. The van der Waals surface area contributed by atoms with Gasteiger partial charge in [0, 0.05) is 24.0 Å². The Morgan fingerprint density at radius 1 is 0.944 bits per heavy atom. The molecule has 0 N–H and O–H groups in total. The number of pyridine rings is 1. The lowest BCUT2D eigenvalue weighted by atomic mass is 10.1. The van der Waals surface area contributed by atoms with Crippen molar-refractivity contribution in [2.24, 2.45) is 0 Å². The summed E-state index contributed by atoms with van der Waals surface area (Å²) < 4.78 is 0. The topological polar surface area (TPSA) is 16.1 Å². The van der Waals surface area contributed by atoms with E-state index < -0.39 is 0 Å². The predicted molar refractivity (Wildman–Crippen MR) is 77.6 cm³/mol. The molecule has 2 heteroatoms. The van der Waals surface area contributed by atoms with Crippen LogP contribution in [0.3, 0.4) is 0 Å². The van der Waals surface area contributed by atoms with Gasteiger partial charge in [0.05, 0.1) is 11.2 Å². The summed E-state index contributed by atoms with van der Waals surface area (Å²) in [5.41, 5.74) is 2.23. The molecule has 1 heterocycles. The second-order valence-corrected chi connectivity index (χ2v) is 5.36. The smallest absolute Gasteiger partial charge is 0.0705 e. The minimum atomic E-state index is 0.540. The molecule has 0 atom stereocenters. The van der Waals surface area contributed by atoms with E-state index in [-0.39, 0.29) is 0 Å². The number of fused-ring (bicyclic) bond motifs is 1. The van der Waals surface area contributed by atoms with Crippen molar-refractivity contribution in [3.05, 3.63) is 42.1 Å².